The fourth-order valence-corrected chi connectivity index (χ4v) is 4.06. The number of hydrogen-bond donors (Lipinski definition) is 0. The van der Waals surface area contributed by atoms with E-state index >= 15 is 0 Å². The average Bonchev–Trinajstić information content (AvgIpc) is 2.58. The van der Waals surface area contributed by atoms with Gasteiger partial charge in [-0.3, -0.25) is 14.9 Å². The second-order valence-corrected chi connectivity index (χ2v) is 8.09. The lowest BCUT2D eigenvalue weighted by Gasteiger charge is -2.37. The van der Waals surface area contributed by atoms with Crippen LogP contribution in [0, 0.1) is 22.5 Å². The Balaban J connectivity index is 2.00. The monoisotopic (exact) mass is 381 g/mol. The first-order valence-electron chi connectivity index (χ1n) is 8.99. The zero-order chi connectivity index (χ0) is 20.2. The summed E-state index contributed by atoms with van der Waals surface area (Å²) in [4.78, 5) is 36.5. The quantitative estimate of drug-likeness (QED) is 0.575. The molecule has 2 heterocycles. The van der Waals surface area contributed by atoms with Crippen molar-refractivity contribution in [1.82, 2.24) is 0 Å². The number of carbonyl (C=O) groups is 1. The summed E-state index contributed by atoms with van der Waals surface area (Å²) < 4.78 is 11.3. The van der Waals surface area contributed by atoms with Crippen molar-refractivity contribution in [2.24, 2.45) is 5.41 Å². The molecule has 0 saturated heterocycles. The zero-order valence-corrected chi connectivity index (χ0v) is 15.8. The van der Waals surface area contributed by atoms with Crippen LogP contribution in [-0.2, 0) is 4.79 Å². The van der Waals surface area contributed by atoms with Crippen LogP contribution in [0.3, 0.4) is 0 Å². The third-order valence-corrected chi connectivity index (χ3v) is 5.18. The Morgan fingerprint density at radius 1 is 1.18 bits per heavy atom. The van der Waals surface area contributed by atoms with Gasteiger partial charge >= 0.3 is 5.63 Å². The first-order chi connectivity index (χ1) is 13.2. The summed E-state index contributed by atoms with van der Waals surface area (Å²) in [6.45, 7) is 5.62. The maximum Gasteiger partial charge on any atom is 0.343 e. The number of non-ortho nitro benzene ring substituents is 1. The Morgan fingerprint density at radius 2 is 1.93 bits per heavy atom. The normalized spacial score (nSPS) is 20.2. The van der Waals surface area contributed by atoms with E-state index < -0.39 is 16.5 Å². The Labute approximate surface area is 160 Å². The van der Waals surface area contributed by atoms with Crippen LogP contribution in [0.25, 0.3) is 0 Å². The van der Waals surface area contributed by atoms with E-state index in [1.54, 1.807) is 25.1 Å². The SMILES string of the molecule is Cc1cc2c(c(=O)o1)C(c1cccc([N+](=O)[O-])c1)C1=C(CC(C)(C)CC1=O)O2. The van der Waals surface area contributed by atoms with Crippen molar-refractivity contribution in [3.05, 3.63) is 79.1 Å². The number of aryl methyl sites for hydroxylation is 1. The molecule has 0 spiro atoms. The summed E-state index contributed by atoms with van der Waals surface area (Å²) in [5.41, 5.74) is 0.120. The molecule has 0 radical (unpaired) electrons. The summed E-state index contributed by atoms with van der Waals surface area (Å²) in [7, 11) is 0. The van der Waals surface area contributed by atoms with Crippen molar-refractivity contribution < 1.29 is 18.9 Å². The van der Waals surface area contributed by atoms with Gasteiger partial charge in [0.05, 0.1) is 16.4 Å². The van der Waals surface area contributed by atoms with Crippen molar-refractivity contribution >= 4 is 11.5 Å². The minimum Gasteiger partial charge on any atom is -0.461 e. The maximum absolute atomic E-state index is 13.0. The molecule has 1 aromatic carbocycles. The minimum absolute atomic E-state index is 0.104. The molecular formula is C21H19NO6. The van der Waals surface area contributed by atoms with Gasteiger partial charge in [0.1, 0.15) is 17.3 Å². The molecular weight excluding hydrogens is 362 g/mol. The van der Waals surface area contributed by atoms with Crippen molar-refractivity contribution in [3.63, 3.8) is 0 Å². The number of nitro benzene ring substituents is 1. The fraction of sp³-hybridized carbons (Fsp3) is 0.333. The molecule has 0 N–H and O–H groups in total. The predicted molar refractivity (Wildman–Crippen MR) is 100 cm³/mol. The Kier molecular flexibility index (Phi) is 3.99. The standard InChI is InChI=1S/C21H19NO6/c1-11-7-15-19(20(24)27-11)17(12-5-4-6-13(8-12)22(25)26)18-14(23)9-21(2,3)10-16(18)28-15/h4-8,17H,9-10H2,1-3H3. The smallest absolute Gasteiger partial charge is 0.343 e. The molecule has 28 heavy (non-hydrogen) atoms. The highest BCUT2D eigenvalue weighted by Crippen LogP contribution is 2.49. The zero-order valence-electron chi connectivity index (χ0n) is 15.8. The maximum atomic E-state index is 13.0. The van der Waals surface area contributed by atoms with E-state index in [0.29, 0.717) is 41.2 Å². The molecule has 0 saturated carbocycles. The van der Waals surface area contributed by atoms with Crippen LogP contribution in [0.4, 0.5) is 5.69 Å². The lowest BCUT2D eigenvalue weighted by molar-refractivity contribution is -0.384. The molecule has 1 aliphatic carbocycles. The largest absolute Gasteiger partial charge is 0.461 e. The van der Waals surface area contributed by atoms with Crippen LogP contribution >= 0.6 is 0 Å². The molecule has 2 aromatic rings. The van der Waals surface area contributed by atoms with E-state index in [0.717, 1.165) is 0 Å². The number of ether oxygens (including phenoxy) is 1. The number of hydrogen-bond acceptors (Lipinski definition) is 6. The lowest BCUT2D eigenvalue weighted by atomic mass is 9.70. The van der Waals surface area contributed by atoms with Crippen molar-refractivity contribution in [1.29, 1.82) is 0 Å². The third-order valence-electron chi connectivity index (χ3n) is 5.18. The summed E-state index contributed by atoms with van der Waals surface area (Å²) in [6, 6.07) is 7.63. The van der Waals surface area contributed by atoms with Gasteiger partial charge in [-0.05, 0) is 17.9 Å². The Hall–Kier alpha value is -3.22. The number of allylic oxidation sites excluding steroid dienone is 2. The summed E-state index contributed by atoms with van der Waals surface area (Å²) in [6.07, 6.45) is 0.853. The molecule has 0 bridgehead atoms. The molecule has 0 amide bonds. The van der Waals surface area contributed by atoms with E-state index in [2.05, 4.69) is 0 Å². The van der Waals surface area contributed by atoms with E-state index in [1.165, 1.54) is 12.1 Å². The number of fused-ring (bicyclic) bond motifs is 1. The fourth-order valence-electron chi connectivity index (χ4n) is 4.06. The van der Waals surface area contributed by atoms with Gasteiger partial charge < -0.3 is 9.15 Å². The van der Waals surface area contributed by atoms with Crippen LogP contribution in [0.5, 0.6) is 5.75 Å². The second kappa shape index (κ2) is 6.15. The van der Waals surface area contributed by atoms with E-state index in [-0.39, 0.29) is 22.4 Å². The first kappa shape index (κ1) is 18.2. The van der Waals surface area contributed by atoms with Gasteiger partial charge in [-0.25, -0.2) is 4.79 Å². The van der Waals surface area contributed by atoms with Gasteiger partial charge in [-0.15, -0.1) is 0 Å². The van der Waals surface area contributed by atoms with E-state index in [4.69, 9.17) is 9.15 Å². The molecule has 1 aliphatic heterocycles. The third kappa shape index (κ3) is 2.93. The topological polar surface area (TPSA) is 99.6 Å². The van der Waals surface area contributed by atoms with Crippen LogP contribution < -0.4 is 10.4 Å². The molecule has 1 atom stereocenters. The minimum atomic E-state index is -0.751. The van der Waals surface area contributed by atoms with Crippen LogP contribution in [0.15, 0.2) is 50.9 Å². The highest BCUT2D eigenvalue weighted by molar-refractivity contribution is 6.00. The van der Waals surface area contributed by atoms with Gasteiger partial charge in [-0.1, -0.05) is 26.0 Å². The lowest BCUT2D eigenvalue weighted by Crippen LogP contribution is -2.34. The van der Waals surface area contributed by atoms with Crippen LogP contribution in [0.1, 0.15) is 49.5 Å². The molecule has 0 fully saturated rings. The number of benzene rings is 1. The van der Waals surface area contributed by atoms with Crippen molar-refractivity contribution in [2.45, 2.75) is 39.5 Å². The molecule has 7 heteroatoms. The van der Waals surface area contributed by atoms with Gasteiger partial charge in [-0.2, -0.15) is 0 Å². The van der Waals surface area contributed by atoms with E-state index in [9.17, 15) is 19.7 Å². The van der Waals surface area contributed by atoms with Crippen LogP contribution in [-0.4, -0.2) is 10.7 Å². The van der Waals surface area contributed by atoms with E-state index in [1.807, 2.05) is 13.8 Å². The number of nitrogens with zero attached hydrogens (tertiary/aromatic N) is 1. The number of rotatable bonds is 2. The Morgan fingerprint density at radius 3 is 2.64 bits per heavy atom. The molecule has 1 aromatic heterocycles. The number of ketones is 1. The number of Topliss-reactive ketones (excluding diaryl/α,β-unsaturated/α-hetero) is 1. The Bertz CT molecular complexity index is 1110. The second-order valence-electron chi connectivity index (χ2n) is 8.09. The number of carbonyl (C=O) groups excluding carboxylic acids is 1. The predicted octanol–water partition coefficient (Wildman–Crippen LogP) is 4.02. The van der Waals surface area contributed by atoms with Gasteiger partial charge in [0.15, 0.2) is 5.78 Å². The summed E-state index contributed by atoms with van der Waals surface area (Å²) in [5, 5.41) is 11.2. The molecule has 7 nitrogen and oxygen atoms in total. The molecule has 4 rings (SSSR count). The average molecular weight is 381 g/mol. The summed E-state index contributed by atoms with van der Waals surface area (Å²) in [5.74, 6) is 0.393. The van der Waals surface area contributed by atoms with Gasteiger partial charge in [0.2, 0.25) is 0 Å². The van der Waals surface area contributed by atoms with Crippen molar-refractivity contribution in [2.75, 3.05) is 0 Å². The number of nitro groups is 1. The summed E-state index contributed by atoms with van der Waals surface area (Å²) >= 11 is 0. The highest BCUT2D eigenvalue weighted by Gasteiger charge is 2.43. The van der Waals surface area contributed by atoms with Gasteiger partial charge in [0.25, 0.3) is 5.69 Å². The first-order valence-corrected chi connectivity index (χ1v) is 8.99. The molecule has 144 valence electrons. The van der Waals surface area contributed by atoms with Crippen molar-refractivity contribution in [3.8, 4) is 5.75 Å². The van der Waals surface area contributed by atoms with Crippen LogP contribution in [0.2, 0.25) is 0 Å². The highest BCUT2D eigenvalue weighted by atomic mass is 16.6. The molecule has 2 aliphatic rings. The molecule has 1 unspecified atom stereocenters. The van der Waals surface area contributed by atoms with Gasteiger partial charge in [0, 0.05) is 36.6 Å².